The molecule has 68 valence electrons. The molecular weight excluding hydrogens is 166 g/mol. The van der Waals surface area contributed by atoms with E-state index in [0.717, 1.165) is 5.56 Å². The number of allylic oxidation sites excluding steroid dienone is 1. The predicted octanol–water partition coefficient (Wildman–Crippen LogP) is 1.82. The second-order valence-electron chi connectivity index (χ2n) is 2.77. The fourth-order valence-electron chi connectivity index (χ4n) is 1.07. The zero-order valence-electron chi connectivity index (χ0n) is 7.45. The van der Waals surface area contributed by atoms with Gasteiger partial charge in [0, 0.05) is 6.20 Å². The van der Waals surface area contributed by atoms with Crippen LogP contribution in [0.3, 0.4) is 0 Å². The molecule has 3 nitrogen and oxygen atoms in total. The van der Waals surface area contributed by atoms with Gasteiger partial charge in [0.1, 0.15) is 0 Å². The van der Waals surface area contributed by atoms with Gasteiger partial charge in [-0.3, -0.25) is 4.98 Å². The molecule has 0 aliphatic heterocycles. The monoisotopic (exact) mass is 177 g/mol. The number of hydrogen-bond acceptors (Lipinski definition) is 2. The molecule has 0 spiro atoms. The number of nitrogens with zero attached hydrogens (tertiary/aromatic N) is 1. The molecule has 0 amide bonds. The van der Waals surface area contributed by atoms with Gasteiger partial charge in [0.15, 0.2) is 0 Å². The molecular formula is C10H11NO2. The largest absolute Gasteiger partial charge is 0.478 e. The lowest BCUT2D eigenvalue weighted by molar-refractivity contribution is 0.0695. The highest BCUT2D eigenvalue weighted by molar-refractivity contribution is 5.88. The second-order valence-corrected chi connectivity index (χ2v) is 2.77. The van der Waals surface area contributed by atoms with Crippen molar-refractivity contribution in [3.8, 4) is 0 Å². The number of carboxylic acids is 1. The Balaban J connectivity index is 3.10. The standard InChI is InChI=1S/C10H11NO2/c1-3-4-8-5-9(10(12)13)7(2)11-6-8/h3,5-6H,1,4H2,2H3,(H,12,13). The van der Waals surface area contributed by atoms with Crippen LogP contribution in [-0.2, 0) is 6.42 Å². The first kappa shape index (κ1) is 9.45. The molecule has 0 aromatic carbocycles. The summed E-state index contributed by atoms with van der Waals surface area (Å²) in [6.45, 7) is 5.26. The summed E-state index contributed by atoms with van der Waals surface area (Å²) >= 11 is 0. The smallest absolute Gasteiger partial charge is 0.337 e. The van der Waals surface area contributed by atoms with Crippen LogP contribution in [0.15, 0.2) is 24.9 Å². The third-order valence-electron chi connectivity index (χ3n) is 1.75. The van der Waals surface area contributed by atoms with Crippen molar-refractivity contribution in [3.63, 3.8) is 0 Å². The lowest BCUT2D eigenvalue weighted by Gasteiger charge is -2.01. The lowest BCUT2D eigenvalue weighted by atomic mass is 10.1. The van der Waals surface area contributed by atoms with Gasteiger partial charge >= 0.3 is 5.97 Å². The van der Waals surface area contributed by atoms with Gasteiger partial charge in [-0.2, -0.15) is 0 Å². The molecule has 0 unspecified atom stereocenters. The molecule has 0 aliphatic rings. The highest BCUT2D eigenvalue weighted by atomic mass is 16.4. The van der Waals surface area contributed by atoms with Crippen molar-refractivity contribution in [2.24, 2.45) is 0 Å². The quantitative estimate of drug-likeness (QED) is 0.716. The van der Waals surface area contributed by atoms with Crippen LogP contribution in [0.2, 0.25) is 0 Å². The van der Waals surface area contributed by atoms with Gasteiger partial charge < -0.3 is 5.11 Å². The van der Waals surface area contributed by atoms with Crippen LogP contribution < -0.4 is 0 Å². The number of aryl methyl sites for hydroxylation is 1. The Hall–Kier alpha value is -1.64. The number of rotatable bonds is 3. The summed E-state index contributed by atoms with van der Waals surface area (Å²) < 4.78 is 0. The number of pyridine rings is 1. The summed E-state index contributed by atoms with van der Waals surface area (Å²) in [4.78, 5) is 14.7. The van der Waals surface area contributed by atoms with E-state index in [-0.39, 0.29) is 5.56 Å². The van der Waals surface area contributed by atoms with Crippen molar-refractivity contribution in [1.29, 1.82) is 0 Å². The zero-order chi connectivity index (χ0) is 9.84. The van der Waals surface area contributed by atoms with Crippen LogP contribution in [0.25, 0.3) is 0 Å². The van der Waals surface area contributed by atoms with Gasteiger partial charge in [-0.05, 0) is 25.0 Å². The van der Waals surface area contributed by atoms with E-state index in [0.29, 0.717) is 12.1 Å². The minimum Gasteiger partial charge on any atom is -0.478 e. The van der Waals surface area contributed by atoms with Crippen molar-refractivity contribution in [1.82, 2.24) is 4.98 Å². The summed E-state index contributed by atoms with van der Waals surface area (Å²) in [5.74, 6) is -0.934. The number of aromatic carboxylic acids is 1. The first-order valence-corrected chi connectivity index (χ1v) is 3.95. The van der Waals surface area contributed by atoms with Gasteiger partial charge in [-0.25, -0.2) is 4.79 Å². The van der Waals surface area contributed by atoms with Crippen LogP contribution in [0.1, 0.15) is 21.6 Å². The Morgan fingerprint density at radius 3 is 3.00 bits per heavy atom. The van der Waals surface area contributed by atoms with Crippen molar-refractivity contribution >= 4 is 5.97 Å². The SMILES string of the molecule is C=CCc1cnc(C)c(C(=O)O)c1. The molecule has 1 heterocycles. The fourth-order valence-corrected chi connectivity index (χ4v) is 1.07. The van der Waals surface area contributed by atoms with Gasteiger partial charge in [0.05, 0.1) is 11.3 Å². The Labute approximate surface area is 76.7 Å². The summed E-state index contributed by atoms with van der Waals surface area (Å²) in [5.41, 5.74) is 1.68. The van der Waals surface area contributed by atoms with E-state index in [4.69, 9.17) is 5.11 Å². The molecule has 0 fully saturated rings. The van der Waals surface area contributed by atoms with E-state index in [9.17, 15) is 4.79 Å². The van der Waals surface area contributed by atoms with Crippen LogP contribution in [0.5, 0.6) is 0 Å². The van der Waals surface area contributed by atoms with Gasteiger partial charge in [0.25, 0.3) is 0 Å². The Morgan fingerprint density at radius 1 is 1.77 bits per heavy atom. The van der Waals surface area contributed by atoms with E-state index >= 15 is 0 Å². The molecule has 1 aromatic rings. The summed E-state index contributed by atoms with van der Waals surface area (Å²) in [5, 5.41) is 8.79. The van der Waals surface area contributed by atoms with Crippen LogP contribution in [0.4, 0.5) is 0 Å². The maximum absolute atomic E-state index is 10.7. The first-order valence-electron chi connectivity index (χ1n) is 3.95. The molecule has 0 bridgehead atoms. The molecule has 0 radical (unpaired) electrons. The predicted molar refractivity (Wildman–Crippen MR) is 49.8 cm³/mol. The van der Waals surface area contributed by atoms with Crippen molar-refractivity contribution in [3.05, 3.63) is 41.7 Å². The second kappa shape index (κ2) is 3.85. The van der Waals surface area contributed by atoms with Gasteiger partial charge in [-0.1, -0.05) is 6.08 Å². The van der Waals surface area contributed by atoms with Crippen molar-refractivity contribution in [2.75, 3.05) is 0 Å². The van der Waals surface area contributed by atoms with E-state index in [1.165, 1.54) is 0 Å². The van der Waals surface area contributed by atoms with Crippen LogP contribution >= 0.6 is 0 Å². The minimum absolute atomic E-state index is 0.263. The molecule has 13 heavy (non-hydrogen) atoms. The van der Waals surface area contributed by atoms with E-state index in [2.05, 4.69) is 11.6 Å². The van der Waals surface area contributed by atoms with E-state index in [1.807, 2.05) is 0 Å². The van der Waals surface area contributed by atoms with Crippen LogP contribution in [0, 0.1) is 6.92 Å². The molecule has 0 saturated heterocycles. The number of carbonyl (C=O) groups is 1. The molecule has 3 heteroatoms. The highest BCUT2D eigenvalue weighted by Gasteiger charge is 2.07. The van der Waals surface area contributed by atoms with Crippen LogP contribution in [-0.4, -0.2) is 16.1 Å². The summed E-state index contributed by atoms with van der Waals surface area (Å²) in [6.07, 6.45) is 4.04. The minimum atomic E-state index is -0.934. The number of aromatic nitrogens is 1. The Morgan fingerprint density at radius 2 is 2.46 bits per heavy atom. The highest BCUT2D eigenvalue weighted by Crippen LogP contribution is 2.08. The third-order valence-corrected chi connectivity index (χ3v) is 1.75. The number of carboxylic acid groups (broad SMARTS) is 1. The maximum Gasteiger partial charge on any atom is 0.337 e. The summed E-state index contributed by atoms with van der Waals surface area (Å²) in [7, 11) is 0. The summed E-state index contributed by atoms with van der Waals surface area (Å²) in [6, 6.07) is 1.63. The van der Waals surface area contributed by atoms with Crippen molar-refractivity contribution in [2.45, 2.75) is 13.3 Å². The average Bonchev–Trinajstić information content (AvgIpc) is 2.08. The van der Waals surface area contributed by atoms with Gasteiger partial charge in [-0.15, -0.1) is 6.58 Å². The Bertz CT molecular complexity index is 345. The third kappa shape index (κ3) is 2.15. The molecule has 0 saturated carbocycles. The fraction of sp³-hybridized carbons (Fsp3) is 0.200. The Kier molecular flexibility index (Phi) is 2.80. The first-order chi connectivity index (χ1) is 6.15. The lowest BCUT2D eigenvalue weighted by Crippen LogP contribution is -2.02. The average molecular weight is 177 g/mol. The zero-order valence-corrected chi connectivity index (χ0v) is 7.45. The van der Waals surface area contributed by atoms with Gasteiger partial charge in [0.2, 0.25) is 0 Å². The van der Waals surface area contributed by atoms with E-state index < -0.39 is 5.97 Å². The van der Waals surface area contributed by atoms with Crippen molar-refractivity contribution < 1.29 is 9.90 Å². The molecule has 1 aromatic heterocycles. The molecule has 0 atom stereocenters. The number of hydrogen-bond donors (Lipinski definition) is 1. The molecule has 0 aliphatic carbocycles. The topological polar surface area (TPSA) is 50.2 Å². The normalized spacial score (nSPS) is 9.62. The molecule has 1 N–H and O–H groups in total. The van der Waals surface area contributed by atoms with E-state index in [1.54, 1.807) is 25.3 Å². The molecule has 1 rings (SSSR count). The maximum atomic E-state index is 10.7.